The molecule has 0 aliphatic carbocycles. The van der Waals surface area contributed by atoms with Crippen molar-refractivity contribution in [2.24, 2.45) is 0 Å². The van der Waals surface area contributed by atoms with Crippen molar-refractivity contribution in [2.75, 3.05) is 0 Å². The van der Waals surface area contributed by atoms with Gasteiger partial charge in [-0.25, -0.2) is 4.79 Å². The summed E-state index contributed by atoms with van der Waals surface area (Å²) in [6.45, 7) is 3.05. The molecule has 100 valence electrons. The lowest BCUT2D eigenvalue weighted by Gasteiger charge is -2.14. The molecule has 0 unspecified atom stereocenters. The Kier molecular flexibility index (Phi) is 4.49. The van der Waals surface area contributed by atoms with Crippen LogP contribution in [0.15, 0.2) is 43.0 Å². The van der Waals surface area contributed by atoms with Crippen LogP contribution in [0.1, 0.15) is 12.5 Å². The molecule has 0 fully saturated rings. The SMILES string of the molecule is C[C@@H](Cn1cccn1)NC(=O)NCc1cccnc1. The van der Waals surface area contributed by atoms with Crippen molar-refractivity contribution in [3.63, 3.8) is 0 Å². The largest absolute Gasteiger partial charge is 0.334 e. The Balaban J connectivity index is 1.72. The smallest absolute Gasteiger partial charge is 0.315 e. The summed E-state index contributed by atoms with van der Waals surface area (Å²) in [5.41, 5.74) is 0.970. The average molecular weight is 259 g/mol. The molecule has 6 nitrogen and oxygen atoms in total. The first-order valence-corrected chi connectivity index (χ1v) is 6.15. The molecule has 0 aromatic carbocycles. The highest BCUT2D eigenvalue weighted by Crippen LogP contribution is 1.94. The molecule has 0 saturated carbocycles. The van der Waals surface area contributed by atoms with Crippen molar-refractivity contribution in [3.05, 3.63) is 48.5 Å². The third kappa shape index (κ3) is 4.42. The highest BCUT2D eigenvalue weighted by atomic mass is 16.2. The second-order valence-corrected chi connectivity index (χ2v) is 4.32. The van der Waals surface area contributed by atoms with E-state index in [-0.39, 0.29) is 12.1 Å². The maximum atomic E-state index is 11.7. The fraction of sp³-hybridized carbons (Fsp3) is 0.308. The number of carbonyl (C=O) groups is 1. The molecule has 2 aromatic rings. The molecular formula is C13H17N5O. The molecule has 19 heavy (non-hydrogen) atoms. The average Bonchev–Trinajstić information content (AvgIpc) is 2.90. The molecule has 0 bridgehead atoms. The monoisotopic (exact) mass is 259 g/mol. The Morgan fingerprint density at radius 1 is 1.42 bits per heavy atom. The second kappa shape index (κ2) is 6.53. The van der Waals surface area contributed by atoms with Gasteiger partial charge in [0.1, 0.15) is 0 Å². The summed E-state index contributed by atoms with van der Waals surface area (Å²) >= 11 is 0. The van der Waals surface area contributed by atoms with E-state index < -0.39 is 0 Å². The predicted octanol–water partition coefficient (Wildman–Crippen LogP) is 1.17. The minimum Gasteiger partial charge on any atom is -0.334 e. The lowest BCUT2D eigenvalue weighted by Crippen LogP contribution is -2.42. The molecular weight excluding hydrogens is 242 g/mol. The fourth-order valence-electron chi connectivity index (χ4n) is 1.69. The molecule has 2 amide bonds. The molecule has 2 aromatic heterocycles. The van der Waals surface area contributed by atoms with Crippen LogP contribution in [0.2, 0.25) is 0 Å². The van der Waals surface area contributed by atoms with E-state index in [0.717, 1.165) is 5.56 Å². The highest BCUT2D eigenvalue weighted by Gasteiger charge is 2.07. The number of hydrogen-bond acceptors (Lipinski definition) is 3. The summed E-state index contributed by atoms with van der Waals surface area (Å²) in [6.07, 6.45) is 7.02. The maximum absolute atomic E-state index is 11.7. The van der Waals surface area contributed by atoms with Crippen molar-refractivity contribution >= 4 is 6.03 Å². The van der Waals surface area contributed by atoms with Gasteiger partial charge in [-0.1, -0.05) is 6.07 Å². The highest BCUT2D eigenvalue weighted by molar-refractivity contribution is 5.74. The number of aromatic nitrogens is 3. The second-order valence-electron chi connectivity index (χ2n) is 4.32. The van der Waals surface area contributed by atoms with E-state index in [1.807, 2.05) is 31.3 Å². The maximum Gasteiger partial charge on any atom is 0.315 e. The van der Waals surface area contributed by atoms with E-state index in [1.54, 1.807) is 23.3 Å². The lowest BCUT2D eigenvalue weighted by atomic mass is 10.3. The van der Waals surface area contributed by atoms with Gasteiger partial charge in [0, 0.05) is 37.4 Å². The summed E-state index contributed by atoms with van der Waals surface area (Å²) < 4.78 is 1.78. The van der Waals surface area contributed by atoms with Crippen LogP contribution in [0.4, 0.5) is 4.79 Å². The van der Waals surface area contributed by atoms with Crippen molar-refractivity contribution in [2.45, 2.75) is 26.1 Å². The number of urea groups is 1. The number of amides is 2. The van der Waals surface area contributed by atoms with Crippen LogP contribution < -0.4 is 10.6 Å². The summed E-state index contributed by atoms with van der Waals surface area (Å²) in [5.74, 6) is 0. The zero-order valence-corrected chi connectivity index (χ0v) is 10.8. The van der Waals surface area contributed by atoms with Gasteiger partial charge in [0.25, 0.3) is 0 Å². The van der Waals surface area contributed by atoms with E-state index in [2.05, 4.69) is 20.7 Å². The summed E-state index contributed by atoms with van der Waals surface area (Å²) in [5, 5.41) is 9.74. The molecule has 2 rings (SSSR count). The van der Waals surface area contributed by atoms with Gasteiger partial charge in [0.05, 0.1) is 6.54 Å². The third-order valence-electron chi connectivity index (χ3n) is 2.57. The molecule has 0 saturated heterocycles. The summed E-state index contributed by atoms with van der Waals surface area (Å²) in [7, 11) is 0. The van der Waals surface area contributed by atoms with Gasteiger partial charge in [-0.05, 0) is 24.6 Å². The molecule has 0 aliphatic rings. The van der Waals surface area contributed by atoms with E-state index in [0.29, 0.717) is 13.1 Å². The summed E-state index contributed by atoms with van der Waals surface area (Å²) in [4.78, 5) is 15.7. The van der Waals surface area contributed by atoms with Crippen molar-refractivity contribution in [1.29, 1.82) is 0 Å². The number of carbonyl (C=O) groups excluding carboxylic acids is 1. The topological polar surface area (TPSA) is 71.8 Å². The Labute approximate surface area is 111 Å². The molecule has 2 heterocycles. The van der Waals surface area contributed by atoms with Crippen LogP contribution in [0.3, 0.4) is 0 Å². The van der Waals surface area contributed by atoms with Gasteiger partial charge in [0.2, 0.25) is 0 Å². The lowest BCUT2D eigenvalue weighted by molar-refractivity contribution is 0.235. The zero-order chi connectivity index (χ0) is 13.5. The van der Waals surface area contributed by atoms with Crippen LogP contribution in [0.5, 0.6) is 0 Å². The zero-order valence-electron chi connectivity index (χ0n) is 10.8. The number of nitrogens with zero attached hydrogens (tertiary/aromatic N) is 3. The Hall–Kier alpha value is -2.37. The minimum atomic E-state index is -0.191. The van der Waals surface area contributed by atoms with Crippen LogP contribution in [-0.4, -0.2) is 26.8 Å². The van der Waals surface area contributed by atoms with E-state index in [4.69, 9.17) is 0 Å². The number of hydrogen-bond donors (Lipinski definition) is 2. The van der Waals surface area contributed by atoms with Gasteiger partial charge >= 0.3 is 6.03 Å². The number of nitrogens with one attached hydrogen (secondary N) is 2. The van der Waals surface area contributed by atoms with Gasteiger partial charge in [0.15, 0.2) is 0 Å². The number of pyridine rings is 1. The van der Waals surface area contributed by atoms with Gasteiger partial charge in [-0.15, -0.1) is 0 Å². The molecule has 2 N–H and O–H groups in total. The quantitative estimate of drug-likeness (QED) is 0.846. The van der Waals surface area contributed by atoms with Crippen LogP contribution in [0, 0.1) is 0 Å². The van der Waals surface area contributed by atoms with Crippen LogP contribution in [-0.2, 0) is 13.1 Å². The van der Waals surface area contributed by atoms with Crippen LogP contribution in [0.25, 0.3) is 0 Å². The molecule has 0 spiro atoms. The number of rotatable bonds is 5. The Bertz CT molecular complexity index is 497. The standard InChI is InChI=1S/C13H17N5O/c1-11(10-18-7-3-6-16-18)17-13(19)15-9-12-4-2-5-14-8-12/h2-8,11H,9-10H2,1H3,(H2,15,17,19)/t11-/m0/s1. The predicted molar refractivity (Wildman–Crippen MR) is 71.3 cm³/mol. The van der Waals surface area contributed by atoms with E-state index in [9.17, 15) is 4.79 Å². The van der Waals surface area contributed by atoms with E-state index >= 15 is 0 Å². The minimum absolute atomic E-state index is 0.00815. The van der Waals surface area contributed by atoms with Gasteiger partial charge in [-0.3, -0.25) is 9.67 Å². The first-order valence-electron chi connectivity index (χ1n) is 6.15. The normalized spacial score (nSPS) is 11.8. The van der Waals surface area contributed by atoms with Gasteiger partial charge in [-0.2, -0.15) is 5.10 Å². The Morgan fingerprint density at radius 2 is 2.32 bits per heavy atom. The summed E-state index contributed by atoms with van der Waals surface area (Å²) in [6, 6.07) is 5.43. The van der Waals surface area contributed by atoms with Crippen molar-refractivity contribution in [1.82, 2.24) is 25.4 Å². The first kappa shape index (κ1) is 13.1. The first-order chi connectivity index (χ1) is 9.24. The fourth-order valence-corrected chi connectivity index (χ4v) is 1.69. The Morgan fingerprint density at radius 3 is 3.00 bits per heavy atom. The molecule has 6 heteroatoms. The molecule has 0 radical (unpaired) electrons. The van der Waals surface area contributed by atoms with Crippen molar-refractivity contribution < 1.29 is 4.79 Å². The van der Waals surface area contributed by atoms with Crippen molar-refractivity contribution in [3.8, 4) is 0 Å². The third-order valence-corrected chi connectivity index (χ3v) is 2.57. The molecule has 1 atom stereocenters. The van der Waals surface area contributed by atoms with Crippen LogP contribution >= 0.6 is 0 Å². The molecule has 0 aliphatic heterocycles. The van der Waals surface area contributed by atoms with E-state index in [1.165, 1.54) is 0 Å². The van der Waals surface area contributed by atoms with Gasteiger partial charge < -0.3 is 10.6 Å².